The fourth-order valence-corrected chi connectivity index (χ4v) is 4.14. The lowest BCUT2D eigenvalue weighted by atomic mass is 9.73. The molecule has 1 aromatic rings. The minimum absolute atomic E-state index is 0.390. The first-order valence-electron chi connectivity index (χ1n) is 8.04. The molecule has 0 bridgehead atoms. The summed E-state index contributed by atoms with van der Waals surface area (Å²) in [7, 11) is 0. The van der Waals surface area contributed by atoms with Gasteiger partial charge in [-0.15, -0.1) is 0 Å². The predicted molar refractivity (Wildman–Crippen MR) is 88.5 cm³/mol. The molecule has 112 valence electrons. The van der Waals surface area contributed by atoms with Gasteiger partial charge in [-0.2, -0.15) is 0 Å². The topological polar surface area (TPSA) is 12.0 Å². The molecule has 1 aromatic carbocycles. The van der Waals surface area contributed by atoms with Gasteiger partial charge in [0.2, 0.25) is 0 Å². The highest BCUT2D eigenvalue weighted by atomic mass is 35.5. The van der Waals surface area contributed by atoms with Crippen molar-refractivity contribution in [3.63, 3.8) is 0 Å². The molecule has 2 rings (SSSR count). The maximum atomic E-state index is 6.59. The van der Waals surface area contributed by atoms with E-state index < -0.39 is 0 Å². The summed E-state index contributed by atoms with van der Waals surface area (Å²) in [5.74, 6) is 0. The van der Waals surface area contributed by atoms with Crippen molar-refractivity contribution in [2.24, 2.45) is 5.41 Å². The van der Waals surface area contributed by atoms with Gasteiger partial charge in [0.25, 0.3) is 0 Å². The molecule has 1 fully saturated rings. The maximum Gasteiger partial charge on any atom is 0.0456 e. The van der Waals surface area contributed by atoms with Crippen LogP contribution in [0.5, 0.6) is 0 Å². The monoisotopic (exact) mass is 293 g/mol. The summed E-state index contributed by atoms with van der Waals surface area (Å²) < 4.78 is 0. The Morgan fingerprint density at radius 1 is 1.15 bits per heavy atom. The van der Waals surface area contributed by atoms with Crippen LogP contribution in [-0.4, -0.2) is 6.54 Å². The molecular formula is C18H28ClN. The third-order valence-electron chi connectivity index (χ3n) is 5.25. The van der Waals surface area contributed by atoms with Crippen LogP contribution in [0, 0.1) is 19.3 Å². The molecule has 1 N–H and O–H groups in total. The molecule has 20 heavy (non-hydrogen) atoms. The van der Waals surface area contributed by atoms with Crippen LogP contribution in [0.3, 0.4) is 0 Å². The van der Waals surface area contributed by atoms with Crippen LogP contribution >= 0.6 is 11.6 Å². The van der Waals surface area contributed by atoms with E-state index in [-0.39, 0.29) is 0 Å². The molecule has 0 radical (unpaired) electrons. The molecule has 1 aliphatic rings. The van der Waals surface area contributed by atoms with Crippen molar-refractivity contribution < 1.29 is 0 Å². The van der Waals surface area contributed by atoms with Gasteiger partial charge in [0.15, 0.2) is 0 Å². The predicted octanol–water partition coefficient (Wildman–Crippen LogP) is 5.58. The van der Waals surface area contributed by atoms with Crippen molar-refractivity contribution >= 4 is 11.6 Å². The number of aryl methyl sites for hydroxylation is 2. The van der Waals surface area contributed by atoms with Crippen molar-refractivity contribution in [1.29, 1.82) is 0 Å². The van der Waals surface area contributed by atoms with Crippen LogP contribution in [0.4, 0.5) is 0 Å². The van der Waals surface area contributed by atoms with Gasteiger partial charge >= 0.3 is 0 Å². The van der Waals surface area contributed by atoms with Gasteiger partial charge in [-0.05, 0) is 67.8 Å². The fraction of sp³-hybridized carbons (Fsp3) is 0.667. The van der Waals surface area contributed by atoms with E-state index in [0.717, 1.165) is 11.6 Å². The second-order valence-electron chi connectivity index (χ2n) is 6.37. The number of rotatable bonds is 5. The second-order valence-corrected chi connectivity index (χ2v) is 6.78. The Morgan fingerprint density at radius 2 is 1.75 bits per heavy atom. The zero-order chi connectivity index (χ0) is 14.8. The Morgan fingerprint density at radius 3 is 2.30 bits per heavy atom. The average Bonchev–Trinajstić information content (AvgIpc) is 2.90. The number of nitrogens with one attached hydrogen (secondary N) is 1. The van der Waals surface area contributed by atoms with Gasteiger partial charge in [-0.1, -0.05) is 44.4 Å². The van der Waals surface area contributed by atoms with Gasteiger partial charge in [0.05, 0.1) is 0 Å². The van der Waals surface area contributed by atoms with E-state index >= 15 is 0 Å². The minimum atomic E-state index is 0.390. The molecule has 0 aromatic heterocycles. The van der Waals surface area contributed by atoms with Gasteiger partial charge in [-0.25, -0.2) is 0 Å². The molecule has 0 saturated heterocycles. The Balaban J connectivity index is 2.45. The Kier molecular flexibility index (Phi) is 5.14. The zero-order valence-corrected chi connectivity index (χ0v) is 14.1. The zero-order valence-electron chi connectivity index (χ0n) is 13.4. The van der Waals surface area contributed by atoms with Gasteiger partial charge < -0.3 is 5.32 Å². The molecule has 1 nitrogen and oxygen atoms in total. The van der Waals surface area contributed by atoms with Crippen molar-refractivity contribution in [3.8, 4) is 0 Å². The van der Waals surface area contributed by atoms with Gasteiger partial charge in [0, 0.05) is 11.1 Å². The molecule has 1 aliphatic carbocycles. The first-order valence-corrected chi connectivity index (χ1v) is 8.42. The number of benzene rings is 1. The molecule has 1 saturated carbocycles. The van der Waals surface area contributed by atoms with E-state index in [1.165, 1.54) is 48.8 Å². The number of hydrogen-bond acceptors (Lipinski definition) is 1. The number of hydrogen-bond donors (Lipinski definition) is 1. The summed E-state index contributed by atoms with van der Waals surface area (Å²) in [5.41, 5.74) is 4.32. The third-order valence-corrected chi connectivity index (χ3v) is 5.58. The highest BCUT2D eigenvalue weighted by molar-refractivity contribution is 6.31. The van der Waals surface area contributed by atoms with Gasteiger partial charge in [0.1, 0.15) is 0 Å². The Hall–Kier alpha value is -0.530. The van der Waals surface area contributed by atoms with E-state index in [2.05, 4.69) is 45.1 Å². The molecule has 0 heterocycles. The lowest BCUT2D eigenvalue weighted by Crippen LogP contribution is -2.36. The quantitative estimate of drug-likeness (QED) is 0.747. The largest absolute Gasteiger partial charge is 0.310 e. The Bertz CT molecular complexity index is 461. The molecule has 0 aliphatic heterocycles. The summed E-state index contributed by atoms with van der Waals surface area (Å²) in [5, 5.41) is 4.67. The average molecular weight is 294 g/mol. The van der Waals surface area contributed by atoms with E-state index in [4.69, 9.17) is 11.6 Å². The molecule has 0 amide bonds. The lowest BCUT2D eigenvalue weighted by Gasteiger charge is -2.38. The molecule has 2 heteroatoms. The molecule has 0 spiro atoms. The summed E-state index contributed by atoms with van der Waals surface area (Å²) in [4.78, 5) is 0. The fourth-order valence-electron chi connectivity index (χ4n) is 3.81. The highest BCUT2D eigenvalue weighted by Crippen LogP contribution is 2.51. The summed E-state index contributed by atoms with van der Waals surface area (Å²) in [6.45, 7) is 9.85. The van der Waals surface area contributed by atoms with Crippen LogP contribution in [0.2, 0.25) is 5.02 Å². The van der Waals surface area contributed by atoms with E-state index in [1.807, 2.05) is 0 Å². The van der Waals surface area contributed by atoms with E-state index in [9.17, 15) is 0 Å². The normalized spacial score (nSPS) is 19.2. The number of halogens is 1. The second kappa shape index (κ2) is 6.49. The van der Waals surface area contributed by atoms with Crippen LogP contribution in [0.25, 0.3) is 0 Å². The van der Waals surface area contributed by atoms with Crippen LogP contribution in [0.15, 0.2) is 12.1 Å². The molecular weight excluding hydrogens is 266 g/mol. The van der Waals surface area contributed by atoms with Crippen LogP contribution in [-0.2, 0) is 0 Å². The van der Waals surface area contributed by atoms with Crippen molar-refractivity contribution in [1.82, 2.24) is 5.32 Å². The molecule has 1 atom stereocenters. The summed E-state index contributed by atoms with van der Waals surface area (Å²) in [6.07, 6.45) is 6.60. The first kappa shape index (κ1) is 15.9. The molecule has 1 unspecified atom stereocenters. The van der Waals surface area contributed by atoms with Crippen LogP contribution < -0.4 is 5.32 Å². The minimum Gasteiger partial charge on any atom is -0.310 e. The van der Waals surface area contributed by atoms with Crippen molar-refractivity contribution in [2.75, 3.05) is 6.54 Å². The van der Waals surface area contributed by atoms with Gasteiger partial charge in [-0.3, -0.25) is 0 Å². The maximum absolute atomic E-state index is 6.59. The first-order chi connectivity index (χ1) is 9.54. The summed E-state index contributed by atoms with van der Waals surface area (Å²) >= 11 is 6.59. The van der Waals surface area contributed by atoms with E-state index in [1.54, 1.807) is 0 Å². The smallest absolute Gasteiger partial charge is 0.0456 e. The van der Waals surface area contributed by atoms with Crippen molar-refractivity contribution in [3.05, 3.63) is 33.8 Å². The third kappa shape index (κ3) is 2.89. The van der Waals surface area contributed by atoms with E-state index in [0.29, 0.717) is 11.5 Å². The SMILES string of the molecule is CCNC(c1cc(C)c(C)cc1Cl)C1(CC)CCCC1. The van der Waals surface area contributed by atoms with Crippen LogP contribution in [0.1, 0.15) is 68.7 Å². The Labute approximate surface area is 129 Å². The van der Waals surface area contributed by atoms with Crippen molar-refractivity contribution in [2.45, 2.75) is 65.8 Å². The summed E-state index contributed by atoms with van der Waals surface area (Å²) in [6, 6.07) is 4.84. The standard InChI is InChI=1S/C18H28ClN/c1-5-18(9-7-8-10-18)17(20-6-2)15-11-13(3)14(4)12-16(15)19/h11-12,17,20H,5-10H2,1-4H3. The highest BCUT2D eigenvalue weighted by Gasteiger charge is 2.40. The lowest BCUT2D eigenvalue weighted by molar-refractivity contribution is 0.189.